The van der Waals surface area contributed by atoms with Gasteiger partial charge in [0, 0.05) is 11.0 Å². The lowest BCUT2D eigenvalue weighted by molar-refractivity contribution is -0.119. The summed E-state index contributed by atoms with van der Waals surface area (Å²) in [4.78, 5) is 35.6. The number of rotatable bonds is 8. The molecule has 0 aliphatic rings. The van der Waals surface area contributed by atoms with Crippen molar-refractivity contribution in [2.24, 2.45) is 5.73 Å². The van der Waals surface area contributed by atoms with Gasteiger partial charge in [-0.1, -0.05) is 12.1 Å². The molecule has 2 rings (SSSR count). The number of esters is 1. The number of nitrogens with one attached hydrogen (secondary N) is 1. The van der Waals surface area contributed by atoms with Gasteiger partial charge in [0.1, 0.15) is 17.1 Å². The number of carbonyl (C=O) groups excluding carboxylic acids is 3. The van der Waals surface area contributed by atoms with E-state index in [9.17, 15) is 19.5 Å². The zero-order chi connectivity index (χ0) is 19.8. The van der Waals surface area contributed by atoms with Crippen LogP contribution in [-0.2, 0) is 14.3 Å². The minimum atomic E-state index is -0.846. The molecule has 27 heavy (non-hydrogen) atoms. The van der Waals surface area contributed by atoms with Gasteiger partial charge in [-0.2, -0.15) is 0 Å². The average molecular weight is 390 g/mol. The Morgan fingerprint density at radius 1 is 1.19 bits per heavy atom. The summed E-state index contributed by atoms with van der Waals surface area (Å²) in [5.41, 5.74) is 5.51. The van der Waals surface area contributed by atoms with Gasteiger partial charge in [-0.05, 0) is 24.3 Å². The SMILES string of the molecule is COc1ccc(C(=O)OCC(=O)Nc2ccccc2SCC(N)=O)c(O)c1. The third-order valence-corrected chi connectivity index (χ3v) is 4.39. The van der Waals surface area contributed by atoms with Gasteiger partial charge < -0.3 is 25.6 Å². The first-order valence-corrected chi connectivity index (χ1v) is 8.73. The quantitative estimate of drug-likeness (QED) is 0.463. The van der Waals surface area contributed by atoms with Gasteiger partial charge >= 0.3 is 5.97 Å². The molecule has 2 amide bonds. The Kier molecular flexibility index (Phi) is 7.07. The molecule has 0 unspecified atom stereocenters. The Labute approximate surface area is 159 Å². The molecule has 2 aromatic rings. The number of ether oxygens (including phenoxy) is 2. The molecule has 9 heteroatoms. The Hall–Kier alpha value is -3.20. The minimum absolute atomic E-state index is 0.0681. The number of hydrogen-bond donors (Lipinski definition) is 3. The van der Waals surface area contributed by atoms with E-state index in [-0.39, 0.29) is 17.1 Å². The fraction of sp³-hybridized carbons (Fsp3) is 0.167. The number of para-hydroxylation sites is 1. The predicted molar refractivity (Wildman–Crippen MR) is 99.9 cm³/mol. The highest BCUT2D eigenvalue weighted by Crippen LogP contribution is 2.27. The van der Waals surface area contributed by atoms with Crippen molar-refractivity contribution in [1.29, 1.82) is 0 Å². The van der Waals surface area contributed by atoms with Gasteiger partial charge in [-0.3, -0.25) is 9.59 Å². The van der Waals surface area contributed by atoms with Gasteiger partial charge in [0.25, 0.3) is 5.91 Å². The van der Waals surface area contributed by atoms with Crippen LogP contribution in [-0.4, -0.2) is 42.4 Å². The van der Waals surface area contributed by atoms with Crippen molar-refractivity contribution < 1.29 is 29.0 Å². The molecule has 2 aromatic carbocycles. The summed E-state index contributed by atoms with van der Waals surface area (Å²) in [6.07, 6.45) is 0. The molecule has 0 aromatic heterocycles. The number of phenols is 1. The van der Waals surface area contributed by atoms with Crippen molar-refractivity contribution in [1.82, 2.24) is 0 Å². The summed E-state index contributed by atoms with van der Waals surface area (Å²) < 4.78 is 9.85. The summed E-state index contributed by atoms with van der Waals surface area (Å²) in [6.45, 7) is -0.543. The number of anilines is 1. The Balaban J connectivity index is 1.95. The molecule has 4 N–H and O–H groups in total. The normalized spacial score (nSPS) is 10.1. The maximum Gasteiger partial charge on any atom is 0.342 e. The third-order valence-electron chi connectivity index (χ3n) is 3.29. The van der Waals surface area contributed by atoms with Crippen molar-refractivity contribution in [2.45, 2.75) is 4.90 Å². The van der Waals surface area contributed by atoms with E-state index in [1.165, 1.54) is 37.1 Å². The second kappa shape index (κ2) is 9.48. The number of primary amides is 1. The number of aromatic hydroxyl groups is 1. The monoisotopic (exact) mass is 390 g/mol. The summed E-state index contributed by atoms with van der Waals surface area (Å²) in [7, 11) is 1.43. The molecule has 0 atom stereocenters. The Morgan fingerprint density at radius 3 is 2.59 bits per heavy atom. The second-order valence-electron chi connectivity index (χ2n) is 5.26. The third kappa shape index (κ3) is 5.93. The van der Waals surface area contributed by atoms with E-state index in [4.69, 9.17) is 15.2 Å². The van der Waals surface area contributed by atoms with Gasteiger partial charge in [0.15, 0.2) is 6.61 Å². The fourth-order valence-electron chi connectivity index (χ4n) is 2.05. The van der Waals surface area contributed by atoms with Crippen molar-refractivity contribution in [3.8, 4) is 11.5 Å². The van der Waals surface area contributed by atoms with E-state index < -0.39 is 24.4 Å². The molecule has 0 bridgehead atoms. The second-order valence-corrected chi connectivity index (χ2v) is 6.28. The highest BCUT2D eigenvalue weighted by molar-refractivity contribution is 8.00. The maximum atomic E-state index is 12.1. The smallest absolute Gasteiger partial charge is 0.342 e. The van der Waals surface area contributed by atoms with Crippen LogP contribution in [0.3, 0.4) is 0 Å². The molecule has 0 aliphatic heterocycles. The molecule has 142 valence electrons. The first kappa shape index (κ1) is 20.1. The number of phenolic OH excluding ortho intramolecular Hbond substituents is 1. The van der Waals surface area contributed by atoms with Crippen molar-refractivity contribution >= 4 is 35.2 Å². The minimum Gasteiger partial charge on any atom is -0.507 e. The van der Waals surface area contributed by atoms with Gasteiger partial charge in [0.05, 0.1) is 18.6 Å². The molecule has 0 fully saturated rings. The number of benzene rings is 2. The molecular weight excluding hydrogens is 372 g/mol. The highest BCUT2D eigenvalue weighted by Gasteiger charge is 2.16. The molecule has 0 radical (unpaired) electrons. The van der Waals surface area contributed by atoms with Crippen molar-refractivity contribution in [2.75, 3.05) is 24.8 Å². The maximum absolute atomic E-state index is 12.1. The molecule has 0 saturated heterocycles. The predicted octanol–water partition coefficient (Wildman–Crippen LogP) is 1.77. The summed E-state index contributed by atoms with van der Waals surface area (Å²) >= 11 is 1.18. The molecule has 0 spiro atoms. The van der Waals surface area contributed by atoms with Crippen molar-refractivity contribution in [3.63, 3.8) is 0 Å². The van der Waals surface area contributed by atoms with Crippen LogP contribution in [0.4, 0.5) is 5.69 Å². The summed E-state index contributed by atoms with van der Waals surface area (Å²) in [5, 5.41) is 12.4. The fourth-order valence-corrected chi connectivity index (χ4v) is 2.80. The van der Waals surface area contributed by atoms with E-state index in [0.717, 1.165) is 0 Å². The number of carbonyl (C=O) groups is 3. The van der Waals surface area contributed by atoms with Crippen LogP contribution in [0.1, 0.15) is 10.4 Å². The average Bonchev–Trinajstić information content (AvgIpc) is 2.65. The van der Waals surface area contributed by atoms with E-state index in [1.54, 1.807) is 24.3 Å². The zero-order valence-electron chi connectivity index (χ0n) is 14.4. The van der Waals surface area contributed by atoms with Crippen molar-refractivity contribution in [3.05, 3.63) is 48.0 Å². The lowest BCUT2D eigenvalue weighted by Gasteiger charge is -2.11. The number of hydrogen-bond acceptors (Lipinski definition) is 7. The van der Waals surface area contributed by atoms with E-state index >= 15 is 0 Å². The van der Waals surface area contributed by atoms with E-state index in [0.29, 0.717) is 16.3 Å². The summed E-state index contributed by atoms with van der Waals surface area (Å²) in [5.74, 6) is -1.75. The van der Waals surface area contributed by atoms with Crippen LogP contribution in [0, 0.1) is 0 Å². The molecule has 0 aliphatic carbocycles. The molecule has 8 nitrogen and oxygen atoms in total. The van der Waals surface area contributed by atoms with Crippen LogP contribution in [0.25, 0.3) is 0 Å². The first-order valence-electron chi connectivity index (χ1n) is 7.75. The van der Waals surface area contributed by atoms with Crippen LogP contribution < -0.4 is 15.8 Å². The van der Waals surface area contributed by atoms with E-state index in [1.807, 2.05) is 0 Å². The molecular formula is C18H18N2O6S. The standard InChI is InChI=1S/C18H18N2O6S/c1-25-11-6-7-12(14(21)8-11)18(24)26-9-17(23)20-13-4-2-3-5-15(13)27-10-16(19)22/h2-8,21H,9-10H2,1H3,(H2,19,22)(H,20,23). The van der Waals surface area contributed by atoms with Crippen LogP contribution in [0.5, 0.6) is 11.5 Å². The molecule has 0 saturated carbocycles. The Bertz CT molecular complexity index is 855. The number of amides is 2. The lowest BCUT2D eigenvalue weighted by Crippen LogP contribution is -2.21. The van der Waals surface area contributed by atoms with Crippen LogP contribution >= 0.6 is 11.8 Å². The zero-order valence-corrected chi connectivity index (χ0v) is 15.2. The van der Waals surface area contributed by atoms with Crippen LogP contribution in [0.15, 0.2) is 47.4 Å². The first-order chi connectivity index (χ1) is 12.9. The Morgan fingerprint density at radius 2 is 1.93 bits per heavy atom. The topological polar surface area (TPSA) is 128 Å². The van der Waals surface area contributed by atoms with E-state index in [2.05, 4.69) is 5.32 Å². The van der Waals surface area contributed by atoms with Gasteiger partial charge in [-0.25, -0.2) is 4.79 Å². The van der Waals surface area contributed by atoms with Gasteiger partial charge in [-0.15, -0.1) is 11.8 Å². The number of nitrogens with two attached hydrogens (primary N) is 1. The number of methoxy groups -OCH3 is 1. The van der Waals surface area contributed by atoms with Gasteiger partial charge in [0.2, 0.25) is 5.91 Å². The number of thioether (sulfide) groups is 1. The largest absolute Gasteiger partial charge is 0.507 e. The highest BCUT2D eigenvalue weighted by atomic mass is 32.2. The lowest BCUT2D eigenvalue weighted by atomic mass is 10.2. The molecule has 0 heterocycles. The summed E-state index contributed by atoms with van der Waals surface area (Å²) in [6, 6.07) is 10.9. The van der Waals surface area contributed by atoms with Crippen LogP contribution in [0.2, 0.25) is 0 Å².